The summed E-state index contributed by atoms with van der Waals surface area (Å²) in [4.78, 5) is 82.4. The average Bonchev–Trinajstić information content (AvgIpc) is 1.64. The van der Waals surface area contributed by atoms with Gasteiger partial charge < -0.3 is 33.3 Å². The van der Waals surface area contributed by atoms with Crippen LogP contribution in [0.4, 0.5) is 18.9 Å². The summed E-state index contributed by atoms with van der Waals surface area (Å²) < 4.78 is 68.5. The second-order valence-electron chi connectivity index (χ2n) is 23.4. The van der Waals surface area contributed by atoms with Crippen LogP contribution in [0.25, 0.3) is 30.4 Å². The second-order valence-corrected chi connectivity index (χ2v) is 23.8. The summed E-state index contributed by atoms with van der Waals surface area (Å²) >= 11 is 5.91. The van der Waals surface area contributed by atoms with Crippen LogP contribution in [-0.2, 0) is 53.8 Å². The van der Waals surface area contributed by atoms with Crippen molar-refractivity contribution in [1.82, 2.24) is 0 Å². The number of esters is 5. The van der Waals surface area contributed by atoms with Crippen LogP contribution in [0, 0.1) is 6.92 Å². The number of carbonyl (C=O) groups is 5. The topological polar surface area (TPSA) is 206 Å². The van der Waals surface area contributed by atoms with E-state index in [2.05, 4.69) is 25.0 Å². The normalized spacial score (nSPS) is 16.0. The van der Waals surface area contributed by atoms with Gasteiger partial charge in [-0.25, -0.2) is 48.9 Å². The number of methoxy groups -OCH3 is 1. The molecule has 0 unspecified atom stereocenters. The lowest BCUT2D eigenvalue weighted by Crippen LogP contribution is -2.08. The predicted octanol–water partition coefficient (Wildman–Crippen LogP) is 17.2. The van der Waals surface area contributed by atoms with Gasteiger partial charge in [0.05, 0.1) is 12.7 Å². The van der Waals surface area contributed by atoms with Crippen molar-refractivity contribution in [2.45, 2.75) is 13.1 Å². The number of cyclic esters (lactones) is 5. The summed E-state index contributed by atoms with van der Waals surface area (Å²) in [7, 11) is 5.58. The molecular weight excluding hydrogens is 1370 g/mol. The first-order valence-electron chi connectivity index (χ1n) is 32.6. The zero-order valence-corrected chi connectivity index (χ0v) is 57.8. The molecule has 0 radical (unpaired) electrons. The van der Waals surface area contributed by atoms with Crippen molar-refractivity contribution in [2.24, 2.45) is 25.0 Å². The van der Waals surface area contributed by atoms with Crippen molar-refractivity contribution in [2.75, 3.05) is 26.1 Å². The zero-order chi connectivity index (χ0) is 74.5. The van der Waals surface area contributed by atoms with Gasteiger partial charge in [0.2, 0.25) is 29.5 Å². The summed E-state index contributed by atoms with van der Waals surface area (Å²) in [6, 6.07) is 81.1. The number of carbonyl (C=O) groups excluding carboxylic acids is 5. The highest BCUT2D eigenvalue weighted by Crippen LogP contribution is 2.31. The number of benzene rings is 10. The summed E-state index contributed by atoms with van der Waals surface area (Å²) in [5, 5.41) is 0.609. The van der Waals surface area contributed by atoms with Gasteiger partial charge in [0, 0.05) is 52.6 Å². The van der Waals surface area contributed by atoms with Crippen LogP contribution in [0.3, 0.4) is 0 Å². The maximum Gasteiger partial charge on any atom is 0.416 e. The third-order valence-corrected chi connectivity index (χ3v) is 15.6. The van der Waals surface area contributed by atoms with E-state index >= 15 is 0 Å². The molecule has 10 aromatic rings. The number of rotatable bonds is 12. The standard InChI is InChI=1S/C18H16N2O2.C17H10F3NO2.C17H13NO3.C17H13NO2.C16H10ClNO2/c1-20(2)15-10-8-13(9-11-15)12-16-18(21)22-17(19-16)14-6-4-3-5-7-14;18-17(19,20)13-8-6-11(7-9-13)10-14-16(22)23-15(21-14)12-4-2-1-3-5-12;1-20-14-9-7-12(8-10-14)11-15-17(19)21-16(18-15)13-5-3-2-4-6-13;1-12-7-9-13(10-8-12)11-15-17(19)20-16(18-15)14-5-3-2-4-6-14;17-13-8-4-5-11(9-13)10-14-16(19)20-15(18-14)12-6-2-1-3-7-12/h3-12H,1-2H3;1-10H;2-11H,1H3;2-11H,1H3;1-10H. The van der Waals surface area contributed by atoms with Crippen LogP contribution in [0.15, 0.2) is 326 Å². The molecule has 0 saturated carbocycles. The van der Waals surface area contributed by atoms with Crippen molar-refractivity contribution in [3.63, 3.8) is 0 Å². The number of ether oxygens (including phenoxy) is 6. The molecule has 21 heteroatoms. The minimum absolute atomic E-state index is 0.0450. The van der Waals surface area contributed by atoms with Crippen LogP contribution in [0.5, 0.6) is 5.75 Å². The molecule has 106 heavy (non-hydrogen) atoms. The second kappa shape index (κ2) is 34.8. The van der Waals surface area contributed by atoms with Gasteiger partial charge in [0.15, 0.2) is 28.5 Å². The highest BCUT2D eigenvalue weighted by Gasteiger charge is 2.31. The van der Waals surface area contributed by atoms with E-state index < -0.39 is 41.6 Å². The molecule has 5 heterocycles. The van der Waals surface area contributed by atoms with E-state index in [1.807, 2.05) is 238 Å². The SMILES string of the molecule is CN(C)c1ccc(C=C2N=C(c3ccccc3)OC2=O)cc1.COc1ccc(C=C2N=C(c3ccccc3)OC2=O)cc1.Cc1ccc(C=C2N=C(c3ccccc3)OC2=O)cc1.O=C1OC(c2ccccc2)=NC1=Cc1ccc(C(F)(F)F)cc1.O=C1OC(c2ccccc2)=NC1=Cc1cccc(Cl)c1. The number of aliphatic imine (C=N–C) groups is 5. The van der Waals surface area contributed by atoms with E-state index in [1.165, 1.54) is 23.8 Å². The van der Waals surface area contributed by atoms with E-state index in [1.54, 1.807) is 67.8 Å². The number of halogens is 4. The Hall–Kier alpha value is -13.7. The Labute approximate surface area is 612 Å². The molecule has 0 fully saturated rings. The fraction of sp³-hybridized carbons (Fsp3) is 0.0588. The van der Waals surface area contributed by atoms with Gasteiger partial charge in [-0.05, 0) is 174 Å². The number of hydrogen-bond donors (Lipinski definition) is 0. The largest absolute Gasteiger partial charge is 0.497 e. The third-order valence-electron chi connectivity index (χ3n) is 15.4. The Bertz CT molecular complexity index is 5200. The Balaban J connectivity index is 0.000000132. The fourth-order valence-electron chi connectivity index (χ4n) is 9.95. The van der Waals surface area contributed by atoms with Gasteiger partial charge in [-0.15, -0.1) is 0 Å². The first-order valence-corrected chi connectivity index (χ1v) is 33.0. The summed E-state index contributed by atoms with van der Waals surface area (Å²) in [5.74, 6) is -0.0643. The molecule has 0 saturated heterocycles. The third kappa shape index (κ3) is 20.3. The molecule has 15 rings (SSSR count). The Morgan fingerprint density at radius 1 is 0.349 bits per heavy atom. The molecule has 0 atom stereocenters. The predicted molar refractivity (Wildman–Crippen MR) is 403 cm³/mol. The molecule has 526 valence electrons. The maximum absolute atomic E-state index is 12.5. The molecule has 0 N–H and O–H groups in total. The van der Waals surface area contributed by atoms with Crippen molar-refractivity contribution in [1.29, 1.82) is 0 Å². The molecule has 0 spiro atoms. The number of nitrogens with zero attached hydrogens (tertiary/aromatic N) is 6. The number of aryl methyl sites for hydroxylation is 1. The smallest absolute Gasteiger partial charge is 0.416 e. The Morgan fingerprint density at radius 2 is 0.623 bits per heavy atom. The molecule has 0 bridgehead atoms. The molecule has 17 nitrogen and oxygen atoms in total. The highest BCUT2D eigenvalue weighted by molar-refractivity contribution is 6.30. The molecule has 0 aromatic heterocycles. The van der Waals surface area contributed by atoms with E-state index in [-0.39, 0.29) is 17.3 Å². The van der Waals surface area contributed by atoms with E-state index in [0.29, 0.717) is 56.8 Å². The van der Waals surface area contributed by atoms with E-state index in [4.69, 9.17) is 40.0 Å². The minimum Gasteiger partial charge on any atom is -0.497 e. The Morgan fingerprint density at radius 3 is 0.896 bits per heavy atom. The molecule has 5 aliphatic rings. The van der Waals surface area contributed by atoms with Gasteiger partial charge in [-0.2, -0.15) is 13.2 Å². The van der Waals surface area contributed by atoms with Crippen LogP contribution in [0.2, 0.25) is 5.02 Å². The quantitative estimate of drug-likeness (QED) is 0.0636. The molecule has 10 aromatic carbocycles. The van der Waals surface area contributed by atoms with Crippen LogP contribution in [-0.4, -0.2) is 80.5 Å². The lowest BCUT2D eigenvalue weighted by atomic mass is 10.1. The number of hydrogen-bond acceptors (Lipinski definition) is 17. The molecule has 0 amide bonds. The van der Waals surface area contributed by atoms with Crippen molar-refractivity contribution >= 4 is 107 Å². The van der Waals surface area contributed by atoms with Gasteiger partial charge in [0.1, 0.15) is 5.75 Å². The fourth-order valence-corrected chi connectivity index (χ4v) is 10.2. The van der Waals surface area contributed by atoms with Crippen LogP contribution in [0.1, 0.15) is 66.8 Å². The van der Waals surface area contributed by atoms with Crippen LogP contribution < -0.4 is 9.64 Å². The van der Waals surface area contributed by atoms with Gasteiger partial charge in [-0.3, -0.25) is 0 Å². The molecular formula is C85H62ClF3N6O11. The molecule has 5 aliphatic heterocycles. The summed E-state index contributed by atoms with van der Waals surface area (Å²) in [5.41, 5.74) is 10.5. The minimum atomic E-state index is -4.39. The van der Waals surface area contributed by atoms with Crippen molar-refractivity contribution in [3.05, 3.63) is 373 Å². The van der Waals surface area contributed by atoms with Gasteiger partial charge in [0.25, 0.3) is 0 Å². The summed E-state index contributed by atoms with van der Waals surface area (Å²) in [6.07, 6.45) is 3.81. The first-order chi connectivity index (χ1) is 51.3. The average molecular weight is 1440 g/mol. The van der Waals surface area contributed by atoms with Crippen LogP contribution >= 0.6 is 11.6 Å². The lowest BCUT2D eigenvalue weighted by molar-refractivity contribution is -0.137. The van der Waals surface area contributed by atoms with E-state index in [0.717, 1.165) is 68.1 Å². The highest BCUT2D eigenvalue weighted by atomic mass is 35.5. The lowest BCUT2D eigenvalue weighted by Gasteiger charge is -2.11. The number of anilines is 1. The number of alkyl halides is 3. The van der Waals surface area contributed by atoms with Crippen molar-refractivity contribution in [3.8, 4) is 5.75 Å². The van der Waals surface area contributed by atoms with Crippen molar-refractivity contribution < 1.29 is 65.6 Å². The first kappa shape index (κ1) is 73.5. The zero-order valence-electron chi connectivity index (χ0n) is 57.1. The van der Waals surface area contributed by atoms with Gasteiger partial charge >= 0.3 is 36.0 Å². The monoisotopic (exact) mass is 1430 g/mol. The van der Waals surface area contributed by atoms with E-state index in [9.17, 15) is 37.1 Å². The summed E-state index contributed by atoms with van der Waals surface area (Å²) in [6.45, 7) is 2.02. The van der Waals surface area contributed by atoms with Gasteiger partial charge in [-0.1, -0.05) is 181 Å². The molecule has 0 aliphatic carbocycles. The Kier molecular flexibility index (Phi) is 24.1. The maximum atomic E-state index is 12.5.